The smallest absolute Gasteiger partial charge is 0.0458 e. The van der Waals surface area contributed by atoms with Crippen molar-refractivity contribution >= 4 is 16.6 Å². The minimum absolute atomic E-state index is 0.732. The SMILES string of the molecule is CN1CCCC1CCc1c[nH]c2ccc(N(Cc3ccccc3)Cc3ccccc3)cc12. The Balaban J connectivity index is 1.42. The summed E-state index contributed by atoms with van der Waals surface area (Å²) in [4.78, 5) is 8.53. The highest BCUT2D eigenvalue weighted by molar-refractivity contribution is 5.86. The van der Waals surface area contributed by atoms with Crippen LogP contribution in [0.5, 0.6) is 0 Å². The van der Waals surface area contributed by atoms with Crippen LogP contribution < -0.4 is 4.90 Å². The molecule has 2 heterocycles. The van der Waals surface area contributed by atoms with E-state index >= 15 is 0 Å². The average molecular weight is 424 g/mol. The highest BCUT2D eigenvalue weighted by Gasteiger charge is 2.21. The van der Waals surface area contributed by atoms with E-state index in [0.717, 1.165) is 25.6 Å². The molecule has 3 aromatic carbocycles. The molecule has 32 heavy (non-hydrogen) atoms. The van der Waals surface area contributed by atoms with Crippen LogP contribution in [-0.4, -0.2) is 29.5 Å². The first-order valence-corrected chi connectivity index (χ1v) is 11.9. The topological polar surface area (TPSA) is 22.3 Å². The first kappa shape index (κ1) is 20.8. The lowest BCUT2D eigenvalue weighted by Crippen LogP contribution is -2.25. The number of aromatic amines is 1. The van der Waals surface area contributed by atoms with E-state index in [4.69, 9.17) is 0 Å². The van der Waals surface area contributed by atoms with Gasteiger partial charge >= 0.3 is 0 Å². The molecule has 1 saturated heterocycles. The predicted octanol–water partition coefficient (Wildman–Crippen LogP) is 6.40. The molecule has 1 aliphatic rings. The molecule has 3 heteroatoms. The maximum atomic E-state index is 3.51. The van der Waals surface area contributed by atoms with Crippen LogP contribution >= 0.6 is 0 Å². The molecule has 1 N–H and O–H groups in total. The highest BCUT2D eigenvalue weighted by Crippen LogP contribution is 2.29. The minimum Gasteiger partial charge on any atom is -0.363 e. The number of aryl methyl sites for hydroxylation is 1. The third kappa shape index (κ3) is 4.73. The number of nitrogens with one attached hydrogen (secondary N) is 1. The Labute approximate surface area is 191 Å². The number of H-pyrrole nitrogens is 1. The largest absolute Gasteiger partial charge is 0.363 e. The van der Waals surface area contributed by atoms with Gasteiger partial charge in [-0.05, 0) is 74.2 Å². The first-order chi connectivity index (χ1) is 15.8. The molecular weight excluding hydrogens is 390 g/mol. The Morgan fingerprint density at radius 1 is 0.906 bits per heavy atom. The van der Waals surface area contributed by atoms with Crippen molar-refractivity contribution in [3.05, 3.63) is 102 Å². The molecule has 0 amide bonds. The molecule has 5 rings (SSSR count). The van der Waals surface area contributed by atoms with Crippen LogP contribution in [0.25, 0.3) is 10.9 Å². The summed E-state index contributed by atoms with van der Waals surface area (Å²) in [6.45, 7) is 3.04. The van der Waals surface area contributed by atoms with Crippen LogP contribution in [0.1, 0.15) is 36.0 Å². The number of rotatable bonds is 8. The number of hydrogen-bond donors (Lipinski definition) is 1. The molecule has 1 aromatic heterocycles. The Hall–Kier alpha value is -3.04. The molecule has 1 aliphatic heterocycles. The molecule has 164 valence electrons. The van der Waals surface area contributed by atoms with Gasteiger partial charge in [0.15, 0.2) is 0 Å². The Kier molecular flexibility index (Phi) is 6.27. The van der Waals surface area contributed by atoms with Crippen molar-refractivity contribution in [3.63, 3.8) is 0 Å². The second kappa shape index (κ2) is 9.62. The number of fused-ring (bicyclic) bond motifs is 1. The maximum Gasteiger partial charge on any atom is 0.0458 e. The molecule has 0 bridgehead atoms. The van der Waals surface area contributed by atoms with Gasteiger partial charge in [-0.1, -0.05) is 60.7 Å². The van der Waals surface area contributed by atoms with Gasteiger partial charge in [-0.25, -0.2) is 0 Å². The summed E-state index contributed by atoms with van der Waals surface area (Å²) >= 11 is 0. The summed E-state index contributed by atoms with van der Waals surface area (Å²) in [6.07, 6.45) is 7.28. The van der Waals surface area contributed by atoms with Gasteiger partial charge in [-0.15, -0.1) is 0 Å². The van der Waals surface area contributed by atoms with Gasteiger partial charge in [0.2, 0.25) is 0 Å². The normalized spacial score (nSPS) is 16.6. The molecule has 0 radical (unpaired) electrons. The average Bonchev–Trinajstić information content (AvgIpc) is 3.43. The lowest BCUT2D eigenvalue weighted by molar-refractivity contribution is 0.297. The van der Waals surface area contributed by atoms with Crippen molar-refractivity contribution < 1.29 is 0 Å². The first-order valence-electron chi connectivity index (χ1n) is 11.9. The van der Waals surface area contributed by atoms with E-state index in [1.54, 1.807) is 0 Å². The fraction of sp³-hybridized carbons (Fsp3) is 0.310. The quantitative estimate of drug-likeness (QED) is 0.354. The number of anilines is 1. The number of benzene rings is 3. The second-order valence-corrected chi connectivity index (χ2v) is 9.19. The van der Waals surface area contributed by atoms with Gasteiger partial charge in [-0.2, -0.15) is 0 Å². The van der Waals surface area contributed by atoms with Gasteiger partial charge in [0, 0.05) is 41.9 Å². The van der Waals surface area contributed by atoms with Gasteiger partial charge in [0.1, 0.15) is 0 Å². The highest BCUT2D eigenvalue weighted by atomic mass is 15.1. The van der Waals surface area contributed by atoms with Crippen LogP contribution in [0.4, 0.5) is 5.69 Å². The predicted molar refractivity (Wildman–Crippen MR) is 135 cm³/mol. The van der Waals surface area contributed by atoms with Crippen molar-refractivity contribution in [1.29, 1.82) is 0 Å². The van der Waals surface area contributed by atoms with E-state index < -0.39 is 0 Å². The van der Waals surface area contributed by atoms with Crippen LogP contribution in [0.15, 0.2) is 85.1 Å². The monoisotopic (exact) mass is 423 g/mol. The number of aromatic nitrogens is 1. The van der Waals surface area contributed by atoms with Crippen molar-refractivity contribution in [2.75, 3.05) is 18.5 Å². The zero-order chi connectivity index (χ0) is 21.8. The molecule has 0 aliphatic carbocycles. The van der Waals surface area contributed by atoms with Crippen molar-refractivity contribution in [2.45, 2.75) is 44.8 Å². The summed E-state index contributed by atoms with van der Waals surface area (Å²) in [5.74, 6) is 0. The molecule has 1 atom stereocenters. The van der Waals surface area contributed by atoms with Gasteiger partial charge in [0.05, 0.1) is 0 Å². The third-order valence-electron chi connectivity index (χ3n) is 6.97. The zero-order valence-electron chi connectivity index (χ0n) is 19.0. The summed E-state index contributed by atoms with van der Waals surface area (Å²) in [5, 5.41) is 1.37. The van der Waals surface area contributed by atoms with Crippen LogP contribution in [0.3, 0.4) is 0 Å². The van der Waals surface area contributed by atoms with Crippen LogP contribution in [-0.2, 0) is 19.5 Å². The summed E-state index contributed by atoms with van der Waals surface area (Å²) in [5.41, 5.74) is 6.64. The van der Waals surface area contributed by atoms with Crippen LogP contribution in [0.2, 0.25) is 0 Å². The standard InChI is InChI=1S/C29H33N3/c1-31-18-8-13-26(31)15-14-25-20-30-29-17-16-27(19-28(25)29)32(21-23-9-4-2-5-10-23)22-24-11-6-3-7-12-24/h2-7,9-12,16-17,19-20,26,30H,8,13-15,18,21-22H2,1H3. The van der Waals surface area contributed by atoms with Crippen LogP contribution in [0, 0.1) is 0 Å². The molecular formula is C29H33N3. The van der Waals surface area contributed by atoms with Gasteiger partial charge in [0.25, 0.3) is 0 Å². The molecule has 1 fully saturated rings. The van der Waals surface area contributed by atoms with E-state index in [-0.39, 0.29) is 0 Å². The lowest BCUT2D eigenvalue weighted by Gasteiger charge is -2.25. The Morgan fingerprint density at radius 3 is 2.22 bits per heavy atom. The molecule has 0 spiro atoms. The van der Waals surface area contributed by atoms with E-state index in [1.165, 1.54) is 59.1 Å². The number of nitrogens with zero attached hydrogens (tertiary/aromatic N) is 2. The van der Waals surface area contributed by atoms with E-state index in [1.807, 2.05) is 0 Å². The molecule has 3 nitrogen and oxygen atoms in total. The number of hydrogen-bond acceptors (Lipinski definition) is 2. The lowest BCUT2D eigenvalue weighted by atomic mass is 10.0. The fourth-order valence-electron chi connectivity index (χ4n) is 5.08. The Morgan fingerprint density at radius 2 is 1.59 bits per heavy atom. The zero-order valence-corrected chi connectivity index (χ0v) is 19.0. The second-order valence-electron chi connectivity index (χ2n) is 9.19. The fourth-order valence-corrected chi connectivity index (χ4v) is 5.08. The minimum atomic E-state index is 0.732. The van der Waals surface area contributed by atoms with Crippen molar-refractivity contribution in [2.24, 2.45) is 0 Å². The summed E-state index contributed by atoms with van der Waals surface area (Å²) in [7, 11) is 2.27. The van der Waals surface area contributed by atoms with E-state index in [2.05, 4.69) is 107 Å². The van der Waals surface area contributed by atoms with Crippen molar-refractivity contribution in [3.8, 4) is 0 Å². The van der Waals surface area contributed by atoms with Gasteiger partial charge < -0.3 is 14.8 Å². The van der Waals surface area contributed by atoms with E-state index in [0.29, 0.717) is 0 Å². The van der Waals surface area contributed by atoms with E-state index in [9.17, 15) is 0 Å². The Bertz CT molecular complexity index is 1090. The summed E-state index contributed by atoms with van der Waals surface area (Å²) < 4.78 is 0. The maximum absolute atomic E-state index is 3.51. The van der Waals surface area contributed by atoms with Crippen molar-refractivity contribution in [1.82, 2.24) is 9.88 Å². The molecule has 1 unspecified atom stereocenters. The summed E-state index contributed by atoms with van der Waals surface area (Å²) in [6, 6.07) is 29.2. The third-order valence-corrected chi connectivity index (χ3v) is 6.97. The number of likely N-dealkylation sites (tertiary alicyclic amines) is 1. The molecule has 4 aromatic rings. The molecule has 0 saturated carbocycles. The van der Waals surface area contributed by atoms with Gasteiger partial charge in [-0.3, -0.25) is 0 Å².